The first-order valence-corrected chi connectivity index (χ1v) is 7.70. The van der Waals surface area contributed by atoms with Crippen LogP contribution in [0.25, 0.3) is 0 Å². The molecule has 0 spiro atoms. The molecule has 1 saturated carbocycles. The Hall–Kier alpha value is -1.03. The average molecular weight is 279 g/mol. The Kier molecular flexibility index (Phi) is 4.14. The fraction of sp³-hybridized carbons (Fsp3) is 0.812. The van der Waals surface area contributed by atoms with Gasteiger partial charge in [0.2, 0.25) is 0 Å². The van der Waals surface area contributed by atoms with E-state index < -0.39 is 0 Å². The van der Waals surface area contributed by atoms with E-state index in [9.17, 15) is 4.79 Å². The molecule has 0 bridgehead atoms. The summed E-state index contributed by atoms with van der Waals surface area (Å²) in [5, 5.41) is 9.61. The van der Waals surface area contributed by atoms with Crippen molar-refractivity contribution in [2.45, 2.75) is 77.4 Å². The van der Waals surface area contributed by atoms with E-state index in [0.29, 0.717) is 5.92 Å². The molecule has 1 heterocycles. The van der Waals surface area contributed by atoms with Crippen molar-refractivity contribution < 1.29 is 4.79 Å². The van der Waals surface area contributed by atoms with Crippen molar-refractivity contribution in [2.75, 3.05) is 0 Å². The SMILES string of the molecule is C/C(=C\NC(=O)NC1CC(C)(C)NC(C)(C)C1)C1CC1. The molecular formula is C16H29N3O. The second-order valence-electron chi connectivity index (χ2n) is 7.78. The van der Waals surface area contributed by atoms with Gasteiger partial charge < -0.3 is 16.0 Å². The third-order valence-corrected chi connectivity index (χ3v) is 4.18. The minimum absolute atomic E-state index is 0.0550. The molecular weight excluding hydrogens is 250 g/mol. The highest BCUT2D eigenvalue weighted by atomic mass is 16.2. The van der Waals surface area contributed by atoms with E-state index in [2.05, 4.69) is 50.6 Å². The summed E-state index contributed by atoms with van der Waals surface area (Å²) in [6.45, 7) is 10.9. The quantitative estimate of drug-likeness (QED) is 0.744. The van der Waals surface area contributed by atoms with Crippen molar-refractivity contribution in [3.8, 4) is 0 Å². The summed E-state index contributed by atoms with van der Waals surface area (Å²) in [6.07, 6.45) is 6.30. The van der Waals surface area contributed by atoms with Crippen LogP contribution in [0.15, 0.2) is 11.8 Å². The predicted molar refractivity (Wildman–Crippen MR) is 82.5 cm³/mol. The van der Waals surface area contributed by atoms with E-state index >= 15 is 0 Å². The number of allylic oxidation sites excluding steroid dienone is 1. The van der Waals surface area contributed by atoms with E-state index in [-0.39, 0.29) is 23.2 Å². The molecule has 20 heavy (non-hydrogen) atoms. The minimum Gasteiger partial charge on any atom is -0.335 e. The lowest BCUT2D eigenvalue weighted by atomic mass is 9.80. The van der Waals surface area contributed by atoms with Crippen molar-refractivity contribution in [3.05, 3.63) is 11.8 Å². The summed E-state index contributed by atoms with van der Waals surface area (Å²) in [6, 6.07) is 0.138. The Labute approximate surface area is 122 Å². The van der Waals surface area contributed by atoms with E-state index in [1.165, 1.54) is 18.4 Å². The van der Waals surface area contributed by atoms with Gasteiger partial charge in [0, 0.05) is 23.3 Å². The van der Waals surface area contributed by atoms with Gasteiger partial charge in [-0.05, 0) is 66.2 Å². The third kappa shape index (κ3) is 4.51. The number of rotatable bonds is 3. The minimum atomic E-state index is -0.0801. The Balaban J connectivity index is 1.85. The lowest BCUT2D eigenvalue weighted by Gasteiger charge is -2.46. The highest BCUT2D eigenvalue weighted by molar-refractivity contribution is 5.75. The van der Waals surface area contributed by atoms with Crippen LogP contribution in [0.1, 0.15) is 60.3 Å². The van der Waals surface area contributed by atoms with Gasteiger partial charge in [-0.1, -0.05) is 5.57 Å². The van der Waals surface area contributed by atoms with Gasteiger partial charge in [0.25, 0.3) is 0 Å². The zero-order valence-electron chi connectivity index (χ0n) is 13.5. The van der Waals surface area contributed by atoms with Gasteiger partial charge >= 0.3 is 6.03 Å². The highest BCUT2D eigenvalue weighted by Gasteiger charge is 2.38. The number of amides is 2. The first-order chi connectivity index (χ1) is 9.17. The fourth-order valence-corrected chi connectivity index (χ4v) is 3.49. The maximum absolute atomic E-state index is 12.0. The molecule has 1 aliphatic heterocycles. The van der Waals surface area contributed by atoms with Gasteiger partial charge in [-0.3, -0.25) is 0 Å². The zero-order valence-corrected chi connectivity index (χ0v) is 13.5. The lowest BCUT2D eigenvalue weighted by molar-refractivity contribution is 0.148. The molecule has 114 valence electrons. The first kappa shape index (κ1) is 15.4. The summed E-state index contributed by atoms with van der Waals surface area (Å²) >= 11 is 0. The molecule has 2 aliphatic rings. The zero-order chi connectivity index (χ0) is 15.0. The van der Waals surface area contributed by atoms with Crippen LogP contribution >= 0.6 is 0 Å². The van der Waals surface area contributed by atoms with Crippen molar-refractivity contribution in [1.29, 1.82) is 0 Å². The number of piperidine rings is 1. The molecule has 4 heteroatoms. The van der Waals surface area contributed by atoms with Crippen LogP contribution in [-0.2, 0) is 0 Å². The van der Waals surface area contributed by atoms with Crippen molar-refractivity contribution in [3.63, 3.8) is 0 Å². The van der Waals surface area contributed by atoms with E-state index in [1.807, 2.05) is 6.20 Å². The van der Waals surface area contributed by atoms with E-state index in [1.54, 1.807) is 0 Å². The Morgan fingerprint density at radius 2 is 1.70 bits per heavy atom. The normalized spacial score (nSPS) is 26.1. The van der Waals surface area contributed by atoms with Crippen LogP contribution in [0, 0.1) is 5.92 Å². The standard InChI is InChI=1S/C16H29N3O/c1-11(12-6-7-12)10-17-14(20)18-13-8-15(2,3)19-16(4,5)9-13/h10,12-13,19H,6-9H2,1-5H3,(H2,17,18,20)/b11-10+. The van der Waals surface area contributed by atoms with Gasteiger partial charge in [0.1, 0.15) is 0 Å². The summed E-state index contributed by atoms with van der Waals surface area (Å²) in [7, 11) is 0. The smallest absolute Gasteiger partial charge is 0.318 e. The molecule has 0 radical (unpaired) electrons. The van der Waals surface area contributed by atoms with Crippen LogP contribution in [0.4, 0.5) is 4.79 Å². The molecule has 2 fully saturated rings. The van der Waals surface area contributed by atoms with E-state index in [4.69, 9.17) is 0 Å². The second kappa shape index (κ2) is 5.40. The number of hydrogen-bond donors (Lipinski definition) is 3. The van der Waals surface area contributed by atoms with Crippen molar-refractivity contribution >= 4 is 6.03 Å². The largest absolute Gasteiger partial charge is 0.335 e. The van der Waals surface area contributed by atoms with Gasteiger partial charge in [-0.25, -0.2) is 4.79 Å². The lowest BCUT2D eigenvalue weighted by Crippen LogP contribution is -2.62. The first-order valence-electron chi connectivity index (χ1n) is 7.70. The van der Waals surface area contributed by atoms with Crippen LogP contribution in [0.2, 0.25) is 0 Å². The molecule has 0 aromatic rings. The number of hydrogen-bond acceptors (Lipinski definition) is 2. The summed E-state index contributed by atoms with van der Waals surface area (Å²) in [5.74, 6) is 0.701. The molecule has 1 aliphatic carbocycles. The van der Waals surface area contributed by atoms with Crippen LogP contribution in [0.3, 0.4) is 0 Å². The number of carbonyl (C=O) groups is 1. The topological polar surface area (TPSA) is 53.2 Å². The molecule has 0 unspecified atom stereocenters. The molecule has 2 amide bonds. The monoisotopic (exact) mass is 279 g/mol. The second-order valence-corrected chi connectivity index (χ2v) is 7.78. The molecule has 1 saturated heterocycles. The molecule has 0 aromatic carbocycles. The van der Waals surface area contributed by atoms with Gasteiger partial charge in [0.15, 0.2) is 0 Å². The fourth-order valence-electron chi connectivity index (χ4n) is 3.49. The predicted octanol–water partition coefficient (Wildman–Crippen LogP) is 2.91. The van der Waals surface area contributed by atoms with E-state index in [0.717, 1.165) is 12.8 Å². The van der Waals surface area contributed by atoms with Gasteiger partial charge in [-0.15, -0.1) is 0 Å². The van der Waals surface area contributed by atoms with Gasteiger partial charge in [-0.2, -0.15) is 0 Å². The van der Waals surface area contributed by atoms with Crippen LogP contribution < -0.4 is 16.0 Å². The van der Waals surface area contributed by atoms with Crippen molar-refractivity contribution in [1.82, 2.24) is 16.0 Å². The third-order valence-electron chi connectivity index (χ3n) is 4.18. The number of urea groups is 1. The molecule has 4 nitrogen and oxygen atoms in total. The van der Waals surface area contributed by atoms with Crippen LogP contribution in [0.5, 0.6) is 0 Å². The van der Waals surface area contributed by atoms with Crippen molar-refractivity contribution in [2.24, 2.45) is 5.92 Å². The number of nitrogens with one attached hydrogen (secondary N) is 3. The molecule has 3 N–H and O–H groups in total. The van der Waals surface area contributed by atoms with Crippen LogP contribution in [-0.4, -0.2) is 23.2 Å². The highest BCUT2D eigenvalue weighted by Crippen LogP contribution is 2.35. The summed E-state index contributed by atoms with van der Waals surface area (Å²) < 4.78 is 0. The molecule has 2 rings (SSSR count). The Morgan fingerprint density at radius 1 is 1.15 bits per heavy atom. The molecule has 0 atom stereocenters. The molecule has 0 aromatic heterocycles. The number of carbonyl (C=O) groups excluding carboxylic acids is 1. The Bertz CT molecular complexity index is 392. The van der Waals surface area contributed by atoms with Gasteiger partial charge in [0.05, 0.1) is 0 Å². The average Bonchev–Trinajstić information content (AvgIpc) is 3.04. The summed E-state index contributed by atoms with van der Waals surface area (Å²) in [4.78, 5) is 12.0. The summed E-state index contributed by atoms with van der Waals surface area (Å²) in [5.41, 5.74) is 1.39. The maximum atomic E-state index is 12.0. The Morgan fingerprint density at radius 3 is 2.20 bits per heavy atom. The maximum Gasteiger partial charge on any atom is 0.318 e.